The molecule has 0 saturated carbocycles. The second-order valence-corrected chi connectivity index (χ2v) is 3.55. The van der Waals surface area contributed by atoms with E-state index in [0.29, 0.717) is 5.82 Å². The Kier molecular flexibility index (Phi) is 3.72. The first kappa shape index (κ1) is 11.9. The summed E-state index contributed by atoms with van der Waals surface area (Å²) in [4.78, 5) is 0. The first-order valence-electron chi connectivity index (χ1n) is 5.42. The van der Waals surface area contributed by atoms with Crippen molar-refractivity contribution in [1.82, 2.24) is 10.2 Å². The quantitative estimate of drug-likeness (QED) is 0.828. The minimum atomic E-state index is 0.215. The first-order valence-corrected chi connectivity index (χ1v) is 5.42. The van der Waals surface area contributed by atoms with Gasteiger partial charge in [-0.1, -0.05) is 12.1 Å². The summed E-state index contributed by atoms with van der Waals surface area (Å²) in [6.07, 6.45) is 0. The average molecular weight is 240 g/mol. The van der Waals surface area contributed by atoms with E-state index in [9.17, 15) is 0 Å². The molecule has 0 spiro atoms. The predicted octanol–water partition coefficient (Wildman–Crippen LogP) is 2.09. The molecule has 0 fully saturated rings. The van der Waals surface area contributed by atoms with Crippen LogP contribution in [-0.4, -0.2) is 23.9 Å². The fraction of sp³-hybridized carbons (Fsp3) is 0.154. The third kappa shape index (κ3) is 2.74. The Morgan fingerprint density at radius 1 is 1.28 bits per heavy atom. The normalized spacial score (nSPS) is 9.56. The topological polar surface area (TPSA) is 70.8 Å². The largest absolute Gasteiger partial charge is 0.497 e. The number of methoxy groups -OCH3 is 1. The van der Waals surface area contributed by atoms with E-state index in [1.54, 1.807) is 13.2 Å². The van der Waals surface area contributed by atoms with E-state index in [0.717, 1.165) is 17.0 Å². The lowest BCUT2D eigenvalue weighted by Crippen LogP contribution is -2.01. The van der Waals surface area contributed by atoms with Gasteiger partial charge in [0.2, 0.25) is 0 Å². The number of ether oxygens (including phenoxy) is 1. The third-order valence-corrected chi connectivity index (χ3v) is 2.38. The average Bonchev–Trinajstić information content (AvgIpc) is 2.46. The fourth-order valence-electron chi connectivity index (χ4n) is 1.49. The summed E-state index contributed by atoms with van der Waals surface area (Å²) in [5.41, 5.74) is 1.70. The zero-order valence-electron chi connectivity index (χ0n) is 9.92. The molecule has 0 bridgehead atoms. The van der Waals surface area contributed by atoms with Crippen LogP contribution in [0.5, 0.6) is 5.75 Å². The molecule has 0 radical (unpaired) electrons. The highest BCUT2D eigenvalue weighted by molar-refractivity contribution is 5.61. The lowest BCUT2D eigenvalue weighted by atomic mass is 10.1. The van der Waals surface area contributed by atoms with E-state index in [2.05, 4.69) is 15.5 Å². The second kappa shape index (κ2) is 5.64. The molecule has 1 N–H and O–H groups in total. The van der Waals surface area contributed by atoms with E-state index >= 15 is 0 Å². The zero-order valence-corrected chi connectivity index (χ0v) is 9.92. The number of hydrogen-bond donors (Lipinski definition) is 1. The minimum absolute atomic E-state index is 0.215. The second-order valence-electron chi connectivity index (χ2n) is 3.55. The predicted molar refractivity (Wildman–Crippen MR) is 68.1 cm³/mol. The van der Waals surface area contributed by atoms with Crippen molar-refractivity contribution in [2.45, 2.75) is 0 Å². The molecule has 0 atom stereocenters. The van der Waals surface area contributed by atoms with Gasteiger partial charge in [0.25, 0.3) is 0 Å². The molecule has 0 aliphatic rings. The van der Waals surface area contributed by atoms with Crippen LogP contribution in [0.25, 0.3) is 11.3 Å². The number of nitriles is 1. The number of nitrogens with one attached hydrogen (secondary N) is 1. The molecule has 0 aliphatic heterocycles. The number of benzene rings is 1. The molecule has 0 aliphatic carbocycles. The van der Waals surface area contributed by atoms with Crippen molar-refractivity contribution in [2.75, 3.05) is 19.0 Å². The summed E-state index contributed by atoms with van der Waals surface area (Å²) in [6.45, 7) is 0.215. The molecule has 0 amide bonds. The number of nitrogens with zero attached hydrogens (tertiary/aromatic N) is 3. The van der Waals surface area contributed by atoms with E-state index < -0.39 is 0 Å². The van der Waals surface area contributed by atoms with Gasteiger partial charge < -0.3 is 10.1 Å². The van der Waals surface area contributed by atoms with Crippen LogP contribution < -0.4 is 10.1 Å². The zero-order chi connectivity index (χ0) is 12.8. The summed E-state index contributed by atoms with van der Waals surface area (Å²) in [5.74, 6) is 1.36. The van der Waals surface area contributed by atoms with Gasteiger partial charge in [-0.2, -0.15) is 5.26 Å². The van der Waals surface area contributed by atoms with Gasteiger partial charge >= 0.3 is 0 Å². The van der Waals surface area contributed by atoms with Crippen LogP contribution in [0.2, 0.25) is 0 Å². The van der Waals surface area contributed by atoms with Crippen LogP contribution in [0.15, 0.2) is 36.4 Å². The van der Waals surface area contributed by atoms with Crippen molar-refractivity contribution < 1.29 is 4.74 Å². The number of anilines is 1. The van der Waals surface area contributed by atoms with E-state index in [1.807, 2.05) is 36.4 Å². The van der Waals surface area contributed by atoms with Crippen LogP contribution in [0.4, 0.5) is 5.82 Å². The monoisotopic (exact) mass is 240 g/mol. The highest BCUT2D eigenvalue weighted by Gasteiger charge is 2.02. The van der Waals surface area contributed by atoms with Crippen molar-refractivity contribution in [3.8, 4) is 23.1 Å². The highest BCUT2D eigenvalue weighted by Crippen LogP contribution is 2.21. The molecule has 2 aromatic rings. The summed E-state index contributed by atoms with van der Waals surface area (Å²) in [5, 5.41) is 19.4. The Morgan fingerprint density at radius 3 is 2.83 bits per heavy atom. The van der Waals surface area contributed by atoms with E-state index in [-0.39, 0.29) is 6.54 Å². The molecule has 1 aromatic heterocycles. The molecule has 0 unspecified atom stereocenters. The van der Waals surface area contributed by atoms with E-state index in [4.69, 9.17) is 10.00 Å². The SMILES string of the molecule is COc1cccc(-c2ccc(NCC#N)nn2)c1. The molecular formula is C13H12N4O. The summed E-state index contributed by atoms with van der Waals surface area (Å²) in [6, 6.07) is 13.2. The van der Waals surface area contributed by atoms with Crippen molar-refractivity contribution in [1.29, 1.82) is 5.26 Å². The van der Waals surface area contributed by atoms with Crippen LogP contribution in [0, 0.1) is 11.3 Å². The maximum atomic E-state index is 8.44. The standard InChI is InChI=1S/C13H12N4O/c1-18-11-4-2-3-10(9-11)12-5-6-13(17-16-12)15-8-7-14/h2-6,9H,8H2,1H3,(H,15,17). The lowest BCUT2D eigenvalue weighted by Gasteiger charge is -2.04. The molecular weight excluding hydrogens is 228 g/mol. The fourth-order valence-corrected chi connectivity index (χ4v) is 1.49. The minimum Gasteiger partial charge on any atom is -0.497 e. The van der Waals surface area contributed by atoms with Gasteiger partial charge in [0.1, 0.15) is 18.1 Å². The molecule has 0 saturated heterocycles. The third-order valence-electron chi connectivity index (χ3n) is 2.38. The van der Waals surface area contributed by atoms with Gasteiger partial charge in [-0.15, -0.1) is 10.2 Å². The molecule has 90 valence electrons. The Balaban J connectivity index is 2.20. The molecule has 1 aromatic carbocycles. The van der Waals surface area contributed by atoms with Crippen LogP contribution in [0.3, 0.4) is 0 Å². The van der Waals surface area contributed by atoms with Gasteiger partial charge in [0, 0.05) is 5.56 Å². The molecule has 5 nitrogen and oxygen atoms in total. The maximum absolute atomic E-state index is 8.44. The first-order chi connectivity index (χ1) is 8.83. The Morgan fingerprint density at radius 2 is 2.17 bits per heavy atom. The Hall–Kier alpha value is -2.61. The van der Waals surface area contributed by atoms with Crippen molar-refractivity contribution >= 4 is 5.82 Å². The van der Waals surface area contributed by atoms with Crippen molar-refractivity contribution in [3.63, 3.8) is 0 Å². The van der Waals surface area contributed by atoms with E-state index in [1.165, 1.54) is 0 Å². The number of aromatic nitrogens is 2. The Labute approximate surface area is 105 Å². The van der Waals surface area contributed by atoms with Gasteiger partial charge in [-0.3, -0.25) is 0 Å². The Bertz CT molecular complexity index is 560. The van der Waals surface area contributed by atoms with Crippen LogP contribution >= 0.6 is 0 Å². The van der Waals surface area contributed by atoms with Crippen LogP contribution in [-0.2, 0) is 0 Å². The molecule has 5 heteroatoms. The van der Waals surface area contributed by atoms with Gasteiger partial charge in [-0.25, -0.2) is 0 Å². The number of rotatable bonds is 4. The molecule has 1 heterocycles. The van der Waals surface area contributed by atoms with Crippen molar-refractivity contribution in [2.24, 2.45) is 0 Å². The lowest BCUT2D eigenvalue weighted by molar-refractivity contribution is 0.415. The maximum Gasteiger partial charge on any atom is 0.149 e. The number of hydrogen-bond acceptors (Lipinski definition) is 5. The molecule has 2 rings (SSSR count). The summed E-state index contributed by atoms with van der Waals surface area (Å²) in [7, 11) is 1.62. The highest BCUT2D eigenvalue weighted by atomic mass is 16.5. The van der Waals surface area contributed by atoms with Gasteiger partial charge in [0.15, 0.2) is 0 Å². The van der Waals surface area contributed by atoms with Crippen molar-refractivity contribution in [3.05, 3.63) is 36.4 Å². The van der Waals surface area contributed by atoms with Crippen LogP contribution in [0.1, 0.15) is 0 Å². The smallest absolute Gasteiger partial charge is 0.149 e. The summed E-state index contributed by atoms with van der Waals surface area (Å²) >= 11 is 0. The van der Waals surface area contributed by atoms with Gasteiger partial charge in [0.05, 0.1) is 18.9 Å². The molecule has 18 heavy (non-hydrogen) atoms. The van der Waals surface area contributed by atoms with Gasteiger partial charge in [-0.05, 0) is 24.3 Å². The summed E-state index contributed by atoms with van der Waals surface area (Å²) < 4.78 is 5.16.